The fourth-order valence-electron chi connectivity index (χ4n) is 2.24. The van der Waals surface area contributed by atoms with E-state index in [2.05, 4.69) is 10.3 Å². The second kappa shape index (κ2) is 6.47. The van der Waals surface area contributed by atoms with Gasteiger partial charge in [-0.1, -0.05) is 5.21 Å². The SMILES string of the molecule is CC(C(=O)O)N1CCN(C(=O)CCn2ccnn2)CC1. The van der Waals surface area contributed by atoms with E-state index in [0.29, 0.717) is 39.1 Å². The number of hydrogen-bond acceptors (Lipinski definition) is 5. The molecular weight excluding hydrogens is 262 g/mol. The fraction of sp³-hybridized carbons (Fsp3) is 0.667. The maximum atomic E-state index is 12.0. The lowest BCUT2D eigenvalue weighted by molar-refractivity contribution is -0.144. The number of carboxylic acid groups (broad SMARTS) is 1. The van der Waals surface area contributed by atoms with Gasteiger partial charge in [0, 0.05) is 38.8 Å². The monoisotopic (exact) mass is 281 g/mol. The third-order valence-electron chi connectivity index (χ3n) is 3.60. The summed E-state index contributed by atoms with van der Waals surface area (Å²) in [5, 5.41) is 16.5. The second-order valence-corrected chi connectivity index (χ2v) is 4.85. The Morgan fingerprint density at radius 2 is 2.00 bits per heavy atom. The van der Waals surface area contributed by atoms with Crippen molar-refractivity contribution < 1.29 is 14.7 Å². The van der Waals surface area contributed by atoms with Crippen molar-refractivity contribution in [1.82, 2.24) is 24.8 Å². The molecule has 0 saturated carbocycles. The third-order valence-corrected chi connectivity index (χ3v) is 3.60. The maximum Gasteiger partial charge on any atom is 0.320 e. The summed E-state index contributed by atoms with van der Waals surface area (Å²) >= 11 is 0. The predicted octanol–water partition coefficient (Wildman–Crippen LogP) is -0.714. The standard InChI is InChI=1S/C12H19N5O3/c1-10(12(19)20)15-6-8-16(9-7-15)11(18)2-4-17-5-3-13-14-17/h3,5,10H,2,4,6-9H2,1H3,(H,19,20). The second-order valence-electron chi connectivity index (χ2n) is 4.85. The average Bonchev–Trinajstić information content (AvgIpc) is 2.97. The molecule has 2 heterocycles. The number of hydrogen-bond donors (Lipinski definition) is 1. The summed E-state index contributed by atoms with van der Waals surface area (Å²) in [6.45, 7) is 4.54. The molecule has 8 heteroatoms. The van der Waals surface area contributed by atoms with Gasteiger partial charge in [-0.3, -0.25) is 19.2 Å². The van der Waals surface area contributed by atoms with Crippen LogP contribution in [0.5, 0.6) is 0 Å². The zero-order valence-corrected chi connectivity index (χ0v) is 11.5. The summed E-state index contributed by atoms with van der Waals surface area (Å²) in [4.78, 5) is 26.6. The Morgan fingerprint density at radius 1 is 1.30 bits per heavy atom. The normalized spacial score (nSPS) is 17.9. The van der Waals surface area contributed by atoms with Crippen LogP contribution in [0.3, 0.4) is 0 Å². The minimum atomic E-state index is -0.823. The maximum absolute atomic E-state index is 12.0. The topological polar surface area (TPSA) is 91.6 Å². The van der Waals surface area contributed by atoms with Crippen molar-refractivity contribution in [2.75, 3.05) is 26.2 Å². The van der Waals surface area contributed by atoms with Crippen molar-refractivity contribution >= 4 is 11.9 Å². The molecule has 1 fully saturated rings. The lowest BCUT2D eigenvalue weighted by atomic mass is 10.2. The summed E-state index contributed by atoms with van der Waals surface area (Å²) < 4.78 is 1.63. The van der Waals surface area contributed by atoms with Crippen LogP contribution in [-0.2, 0) is 16.1 Å². The Morgan fingerprint density at radius 3 is 2.55 bits per heavy atom. The first-order chi connectivity index (χ1) is 9.58. The Hall–Kier alpha value is -1.96. The number of nitrogens with zero attached hydrogens (tertiary/aromatic N) is 5. The molecule has 0 aliphatic carbocycles. The molecular formula is C12H19N5O3. The summed E-state index contributed by atoms with van der Waals surface area (Å²) in [6.07, 6.45) is 3.69. The number of carboxylic acids is 1. The molecule has 0 aromatic carbocycles. The van der Waals surface area contributed by atoms with Crippen LogP contribution < -0.4 is 0 Å². The van der Waals surface area contributed by atoms with E-state index in [4.69, 9.17) is 5.11 Å². The quantitative estimate of drug-likeness (QED) is 0.766. The zero-order valence-electron chi connectivity index (χ0n) is 11.5. The first-order valence-corrected chi connectivity index (χ1v) is 6.66. The van der Waals surface area contributed by atoms with Crippen molar-refractivity contribution in [2.45, 2.75) is 25.9 Å². The number of rotatable bonds is 5. The summed E-state index contributed by atoms with van der Waals surface area (Å²) in [7, 11) is 0. The molecule has 1 N–H and O–H groups in total. The van der Waals surface area contributed by atoms with E-state index in [1.54, 1.807) is 28.9 Å². The molecule has 0 spiro atoms. The van der Waals surface area contributed by atoms with Gasteiger partial charge >= 0.3 is 5.97 Å². The molecule has 1 aromatic rings. The smallest absolute Gasteiger partial charge is 0.320 e. The van der Waals surface area contributed by atoms with E-state index >= 15 is 0 Å². The molecule has 0 radical (unpaired) electrons. The van der Waals surface area contributed by atoms with Gasteiger partial charge in [0.25, 0.3) is 0 Å². The molecule has 1 aliphatic rings. The number of piperazine rings is 1. The van der Waals surface area contributed by atoms with Crippen LogP contribution in [0.25, 0.3) is 0 Å². The molecule has 1 aliphatic heterocycles. The van der Waals surface area contributed by atoms with E-state index in [0.717, 1.165) is 0 Å². The first-order valence-electron chi connectivity index (χ1n) is 6.66. The summed E-state index contributed by atoms with van der Waals surface area (Å²) in [5.41, 5.74) is 0. The lowest BCUT2D eigenvalue weighted by Gasteiger charge is -2.36. The van der Waals surface area contributed by atoms with Gasteiger partial charge in [-0.15, -0.1) is 5.10 Å². The highest BCUT2D eigenvalue weighted by atomic mass is 16.4. The van der Waals surface area contributed by atoms with Gasteiger partial charge in [0.1, 0.15) is 6.04 Å². The highest BCUT2D eigenvalue weighted by molar-refractivity contribution is 5.76. The van der Waals surface area contributed by atoms with Crippen LogP contribution in [0.1, 0.15) is 13.3 Å². The minimum Gasteiger partial charge on any atom is -0.480 e. The Kier molecular flexibility index (Phi) is 4.67. The average molecular weight is 281 g/mol. The van der Waals surface area contributed by atoms with Crippen molar-refractivity contribution in [2.24, 2.45) is 0 Å². The van der Waals surface area contributed by atoms with Gasteiger partial charge in [-0.2, -0.15) is 0 Å². The van der Waals surface area contributed by atoms with E-state index in [9.17, 15) is 9.59 Å². The van der Waals surface area contributed by atoms with E-state index in [1.165, 1.54) is 0 Å². The molecule has 1 aromatic heterocycles. The van der Waals surface area contributed by atoms with Crippen LogP contribution in [0.2, 0.25) is 0 Å². The van der Waals surface area contributed by atoms with Crippen molar-refractivity contribution in [1.29, 1.82) is 0 Å². The molecule has 0 bridgehead atoms. The fourth-order valence-corrected chi connectivity index (χ4v) is 2.24. The first kappa shape index (κ1) is 14.4. The molecule has 1 unspecified atom stereocenters. The number of carbonyl (C=O) groups is 2. The molecule has 2 rings (SSSR count). The number of aryl methyl sites for hydroxylation is 1. The minimum absolute atomic E-state index is 0.0723. The third kappa shape index (κ3) is 3.53. The molecule has 1 saturated heterocycles. The predicted molar refractivity (Wildman–Crippen MR) is 69.9 cm³/mol. The van der Waals surface area contributed by atoms with Gasteiger partial charge in [0.2, 0.25) is 5.91 Å². The van der Waals surface area contributed by atoms with E-state index in [-0.39, 0.29) is 5.91 Å². The highest BCUT2D eigenvalue weighted by Gasteiger charge is 2.26. The van der Waals surface area contributed by atoms with Gasteiger partial charge in [0.05, 0.1) is 12.7 Å². The van der Waals surface area contributed by atoms with Crippen molar-refractivity contribution in [3.8, 4) is 0 Å². The van der Waals surface area contributed by atoms with Gasteiger partial charge in [-0.05, 0) is 6.92 Å². The number of carbonyl (C=O) groups excluding carboxylic acids is 1. The number of aliphatic carboxylic acids is 1. The molecule has 20 heavy (non-hydrogen) atoms. The van der Waals surface area contributed by atoms with Gasteiger partial charge < -0.3 is 10.0 Å². The number of aromatic nitrogens is 3. The largest absolute Gasteiger partial charge is 0.480 e. The van der Waals surface area contributed by atoms with Gasteiger partial charge in [-0.25, -0.2) is 0 Å². The van der Waals surface area contributed by atoms with Crippen LogP contribution in [0, 0.1) is 0 Å². The van der Waals surface area contributed by atoms with Crippen LogP contribution >= 0.6 is 0 Å². The van der Waals surface area contributed by atoms with Gasteiger partial charge in [0.15, 0.2) is 0 Å². The highest BCUT2D eigenvalue weighted by Crippen LogP contribution is 2.08. The molecule has 1 amide bonds. The van der Waals surface area contributed by atoms with Crippen molar-refractivity contribution in [3.05, 3.63) is 12.4 Å². The van der Waals surface area contributed by atoms with Crippen LogP contribution in [0.4, 0.5) is 0 Å². The molecule has 1 atom stereocenters. The van der Waals surface area contributed by atoms with Crippen LogP contribution in [-0.4, -0.2) is 74.0 Å². The lowest BCUT2D eigenvalue weighted by Crippen LogP contribution is -2.53. The Balaban J connectivity index is 1.75. The van der Waals surface area contributed by atoms with Crippen molar-refractivity contribution in [3.63, 3.8) is 0 Å². The van der Waals surface area contributed by atoms with E-state index in [1.807, 2.05) is 4.90 Å². The van der Waals surface area contributed by atoms with Crippen LogP contribution in [0.15, 0.2) is 12.4 Å². The number of amides is 1. The Labute approximate surface area is 117 Å². The van der Waals surface area contributed by atoms with E-state index < -0.39 is 12.0 Å². The Bertz CT molecular complexity index is 454. The molecule has 110 valence electrons. The summed E-state index contributed by atoms with van der Waals surface area (Å²) in [6, 6.07) is -0.498. The molecule has 8 nitrogen and oxygen atoms in total. The zero-order chi connectivity index (χ0) is 14.5. The summed E-state index contributed by atoms with van der Waals surface area (Å²) in [5.74, 6) is -0.751.